The zero-order valence-electron chi connectivity index (χ0n) is 14.2. The lowest BCUT2D eigenvalue weighted by Crippen LogP contribution is -2.49. The van der Waals surface area contributed by atoms with E-state index in [1.165, 1.54) is 10.5 Å². The van der Waals surface area contributed by atoms with Gasteiger partial charge in [-0.1, -0.05) is 5.16 Å². The third-order valence-corrected chi connectivity index (χ3v) is 6.43. The number of aromatic nitrogens is 3. The second-order valence-electron chi connectivity index (χ2n) is 6.09. The maximum absolute atomic E-state index is 12.5. The summed E-state index contributed by atoms with van der Waals surface area (Å²) in [6.45, 7) is 4.88. The molecule has 0 aromatic carbocycles. The van der Waals surface area contributed by atoms with E-state index < -0.39 is 10.0 Å². The highest BCUT2D eigenvalue weighted by molar-refractivity contribution is 7.89. The fourth-order valence-corrected chi connectivity index (χ4v) is 4.39. The number of piperazine rings is 1. The molecule has 2 fully saturated rings. The molecule has 0 saturated carbocycles. The average Bonchev–Trinajstić information content (AvgIpc) is 3.25. The van der Waals surface area contributed by atoms with Crippen LogP contribution in [-0.4, -0.2) is 80.3 Å². The van der Waals surface area contributed by atoms with Crippen molar-refractivity contribution >= 4 is 21.7 Å². The van der Waals surface area contributed by atoms with Crippen LogP contribution in [0.1, 0.15) is 0 Å². The van der Waals surface area contributed by atoms with Crippen molar-refractivity contribution in [3.8, 4) is 0 Å². The first-order valence-corrected chi connectivity index (χ1v) is 9.88. The number of rotatable bonds is 4. The monoisotopic (exact) mass is 380 g/mol. The molecule has 11 heteroatoms. The molecule has 0 bridgehead atoms. The van der Waals surface area contributed by atoms with Crippen LogP contribution in [0.25, 0.3) is 0 Å². The van der Waals surface area contributed by atoms with E-state index in [1.807, 2.05) is 6.07 Å². The van der Waals surface area contributed by atoms with Gasteiger partial charge in [0.15, 0.2) is 0 Å². The molecular formula is C15H20N6O4S. The van der Waals surface area contributed by atoms with Gasteiger partial charge in [-0.3, -0.25) is 0 Å². The number of hydrogen-bond acceptors (Lipinski definition) is 9. The van der Waals surface area contributed by atoms with Gasteiger partial charge in [0.2, 0.25) is 10.0 Å². The van der Waals surface area contributed by atoms with E-state index in [1.54, 1.807) is 6.33 Å². The molecule has 2 aromatic rings. The quantitative estimate of drug-likeness (QED) is 0.714. The Morgan fingerprint density at radius 2 is 1.58 bits per heavy atom. The van der Waals surface area contributed by atoms with Gasteiger partial charge in [0.1, 0.15) is 29.1 Å². The van der Waals surface area contributed by atoms with Gasteiger partial charge in [-0.25, -0.2) is 18.4 Å². The molecule has 4 heterocycles. The smallest absolute Gasteiger partial charge is 0.248 e. The molecule has 0 radical (unpaired) electrons. The van der Waals surface area contributed by atoms with Crippen LogP contribution in [-0.2, 0) is 14.8 Å². The summed E-state index contributed by atoms with van der Waals surface area (Å²) in [7, 11) is -3.55. The van der Waals surface area contributed by atoms with Crippen LogP contribution < -0.4 is 9.80 Å². The molecule has 4 rings (SSSR count). The lowest BCUT2D eigenvalue weighted by atomic mass is 10.3. The van der Waals surface area contributed by atoms with E-state index in [0.717, 1.165) is 31.0 Å². The molecule has 0 unspecified atom stereocenters. The molecule has 0 atom stereocenters. The molecule has 10 nitrogen and oxygen atoms in total. The maximum Gasteiger partial charge on any atom is 0.248 e. The van der Waals surface area contributed by atoms with Crippen molar-refractivity contribution in [3.63, 3.8) is 0 Å². The molecule has 2 saturated heterocycles. The van der Waals surface area contributed by atoms with Crippen molar-refractivity contribution in [3.05, 3.63) is 24.9 Å². The molecule has 2 aromatic heterocycles. The van der Waals surface area contributed by atoms with Gasteiger partial charge in [0.05, 0.1) is 19.4 Å². The van der Waals surface area contributed by atoms with Crippen LogP contribution in [0.3, 0.4) is 0 Å². The number of anilines is 2. The molecule has 26 heavy (non-hydrogen) atoms. The highest BCUT2D eigenvalue weighted by atomic mass is 32.2. The van der Waals surface area contributed by atoms with Crippen LogP contribution in [0.2, 0.25) is 0 Å². The predicted octanol–water partition coefficient (Wildman–Crippen LogP) is -0.188. The van der Waals surface area contributed by atoms with E-state index in [0.29, 0.717) is 39.4 Å². The van der Waals surface area contributed by atoms with E-state index in [-0.39, 0.29) is 4.90 Å². The fourth-order valence-electron chi connectivity index (χ4n) is 3.10. The summed E-state index contributed by atoms with van der Waals surface area (Å²) < 4.78 is 36.5. The average molecular weight is 380 g/mol. The first-order chi connectivity index (χ1) is 12.6. The van der Waals surface area contributed by atoms with Gasteiger partial charge in [-0.05, 0) is 0 Å². The number of morpholine rings is 1. The largest absolute Gasteiger partial charge is 0.378 e. The molecule has 0 aliphatic carbocycles. The summed E-state index contributed by atoms with van der Waals surface area (Å²) in [5.41, 5.74) is 0. The van der Waals surface area contributed by atoms with Crippen molar-refractivity contribution in [1.29, 1.82) is 0 Å². The third-order valence-electron chi connectivity index (χ3n) is 4.58. The zero-order chi connectivity index (χ0) is 18.0. The minimum absolute atomic E-state index is 0.0857. The Labute approximate surface area is 151 Å². The Bertz CT molecular complexity index is 830. The van der Waals surface area contributed by atoms with Crippen LogP contribution in [0.5, 0.6) is 0 Å². The third kappa shape index (κ3) is 3.37. The van der Waals surface area contributed by atoms with Crippen LogP contribution >= 0.6 is 0 Å². The van der Waals surface area contributed by atoms with Crippen molar-refractivity contribution in [1.82, 2.24) is 19.4 Å². The highest BCUT2D eigenvalue weighted by Crippen LogP contribution is 2.22. The van der Waals surface area contributed by atoms with Gasteiger partial charge >= 0.3 is 0 Å². The molecule has 2 aliphatic rings. The summed E-state index contributed by atoms with van der Waals surface area (Å²) in [6, 6.07) is 1.95. The first-order valence-electron chi connectivity index (χ1n) is 8.44. The second-order valence-corrected chi connectivity index (χ2v) is 8.02. The van der Waals surface area contributed by atoms with Gasteiger partial charge < -0.3 is 19.1 Å². The first kappa shape index (κ1) is 17.2. The fraction of sp³-hybridized carbons (Fsp3) is 0.533. The molecule has 2 aliphatic heterocycles. The van der Waals surface area contributed by atoms with E-state index in [4.69, 9.17) is 4.74 Å². The Hall–Kier alpha value is -2.24. The lowest BCUT2D eigenvalue weighted by Gasteiger charge is -2.35. The number of nitrogens with zero attached hydrogens (tertiary/aromatic N) is 6. The van der Waals surface area contributed by atoms with E-state index >= 15 is 0 Å². The molecule has 0 amide bonds. The molecule has 0 spiro atoms. The number of hydrogen-bond donors (Lipinski definition) is 0. The van der Waals surface area contributed by atoms with Crippen LogP contribution in [0, 0.1) is 0 Å². The lowest BCUT2D eigenvalue weighted by molar-refractivity contribution is 0.122. The summed E-state index contributed by atoms with van der Waals surface area (Å²) in [6.07, 6.45) is 3.93. The molecular weight excluding hydrogens is 360 g/mol. The molecule has 140 valence electrons. The Morgan fingerprint density at radius 1 is 0.923 bits per heavy atom. The minimum atomic E-state index is -3.55. The van der Waals surface area contributed by atoms with E-state index in [9.17, 15) is 8.42 Å². The standard InChI is InChI=1S/C15H20N6O4S/c22-26(23,13-10-18-25-11-13)21-3-1-19(2-4-21)14-9-15(17-12-16-14)20-5-7-24-8-6-20/h9-12H,1-8H2. The Balaban J connectivity index is 1.43. The Morgan fingerprint density at radius 3 is 2.19 bits per heavy atom. The number of ether oxygens (including phenoxy) is 1. The highest BCUT2D eigenvalue weighted by Gasteiger charge is 2.30. The summed E-state index contributed by atoms with van der Waals surface area (Å²) in [4.78, 5) is 13.0. The minimum Gasteiger partial charge on any atom is -0.378 e. The zero-order valence-corrected chi connectivity index (χ0v) is 15.0. The topological polar surface area (TPSA) is 105 Å². The second kappa shape index (κ2) is 7.17. The number of sulfonamides is 1. The van der Waals surface area contributed by atoms with Crippen LogP contribution in [0.4, 0.5) is 11.6 Å². The van der Waals surface area contributed by atoms with Gasteiger partial charge in [-0.15, -0.1) is 0 Å². The Kier molecular flexibility index (Phi) is 4.74. The summed E-state index contributed by atoms with van der Waals surface area (Å²) >= 11 is 0. The maximum atomic E-state index is 12.5. The van der Waals surface area contributed by atoms with Crippen molar-refractivity contribution < 1.29 is 17.7 Å². The van der Waals surface area contributed by atoms with Crippen LogP contribution in [0.15, 0.2) is 34.3 Å². The van der Waals surface area contributed by atoms with E-state index in [2.05, 4.69) is 29.4 Å². The summed E-state index contributed by atoms with van der Waals surface area (Å²) in [5.74, 6) is 1.68. The molecule has 0 N–H and O–H groups in total. The van der Waals surface area contributed by atoms with Crippen molar-refractivity contribution in [2.75, 3.05) is 62.3 Å². The normalized spacial score (nSPS) is 19.7. The predicted molar refractivity (Wildman–Crippen MR) is 92.5 cm³/mol. The van der Waals surface area contributed by atoms with Crippen molar-refractivity contribution in [2.45, 2.75) is 4.90 Å². The van der Waals surface area contributed by atoms with Crippen molar-refractivity contribution in [2.24, 2.45) is 0 Å². The van der Waals surface area contributed by atoms with Gasteiger partial charge in [-0.2, -0.15) is 4.31 Å². The van der Waals surface area contributed by atoms with Gasteiger partial charge in [0, 0.05) is 45.3 Å². The SMILES string of the molecule is O=S(=O)(c1cnoc1)N1CCN(c2cc(N3CCOCC3)ncn2)CC1. The van der Waals surface area contributed by atoms with Gasteiger partial charge in [0.25, 0.3) is 0 Å². The summed E-state index contributed by atoms with van der Waals surface area (Å²) in [5, 5.41) is 3.48.